The Morgan fingerprint density at radius 1 is 0.500 bits per heavy atom. The topological polar surface area (TPSA) is 0 Å². The SMILES string of the molecule is C[C@H]1CC[C@H]([C@H]2CC[C@H](C)CC2)CC1. The summed E-state index contributed by atoms with van der Waals surface area (Å²) in [5.74, 6) is 4.26. The van der Waals surface area contributed by atoms with Gasteiger partial charge >= 0.3 is 0 Å². The van der Waals surface area contributed by atoms with Crippen LogP contribution in [0.3, 0.4) is 0 Å². The van der Waals surface area contributed by atoms with Gasteiger partial charge in [-0.15, -0.1) is 0 Å². The van der Waals surface area contributed by atoms with Gasteiger partial charge in [-0.1, -0.05) is 39.5 Å². The van der Waals surface area contributed by atoms with Gasteiger partial charge in [0.1, 0.15) is 0 Å². The van der Waals surface area contributed by atoms with Gasteiger partial charge in [0.15, 0.2) is 0 Å². The Morgan fingerprint density at radius 3 is 1.07 bits per heavy atom. The molecule has 0 aromatic rings. The molecule has 2 aliphatic rings. The third kappa shape index (κ3) is 2.52. The van der Waals surface area contributed by atoms with E-state index in [4.69, 9.17) is 0 Å². The normalized spacial score (nSPS) is 45.0. The van der Waals surface area contributed by atoms with Gasteiger partial charge in [-0.2, -0.15) is 0 Å². The van der Waals surface area contributed by atoms with Gasteiger partial charge in [0.25, 0.3) is 0 Å². The molecule has 2 aliphatic carbocycles. The highest BCUT2D eigenvalue weighted by atomic mass is 14.3. The van der Waals surface area contributed by atoms with E-state index in [0.29, 0.717) is 0 Å². The molecule has 2 saturated carbocycles. The van der Waals surface area contributed by atoms with Crippen molar-refractivity contribution in [2.24, 2.45) is 23.7 Å². The number of hydrogen-bond acceptors (Lipinski definition) is 0. The highest BCUT2D eigenvalue weighted by Gasteiger charge is 2.28. The van der Waals surface area contributed by atoms with E-state index in [0.717, 1.165) is 23.7 Å². The van der Waals surface area contributed by atoms with Crippen LogP contribution < -0.4 is 0 Å². The minimum atomic E-state index is 1.02. The molecule has 0 bridgehead atoms. The van der Waals surface area contributed by atoms with E-state index in [2.05, 4.69) is 13.8 Å². The zero-order valence-corrected chi connectivity index (χ0v) is 9.97. The molecule has 0 atom stereocenters. The standard InChI is InChI=1S/C14H26/c1-11-3-7-13(8-4-11)14-9-5-12(2)6-10-14/h11-14H,3-10H2,1-2H3/t11-,12-,13-,14-. The van der Waals surface area contributed by atoms with Crippen molar-refractivity contribution in [2.45, 2.75) is 65.2 Å². The van der Waals surface area contributed by atoms with E-state index in [1.807, 2.05) is 0 Å². The molecule has 0 heteroatoms. The van der Waals surface area contributed by atoms with Crippen LogP contribution in [0.15, 0.2) is 0 Å². The van der Waals surface area contributed by atoms with Gasteiger partial charge in [-0.25, -0.2) is 0 Å². The average molecular weight is 194 g/mol. The van der Waals surface area contributed by atoms with E-state index >= 15 is 0 Å². The summed E-state index contributed by atoms with van der Waals surface area (Å²) < 4.78 is 0. The molecule has 0 N–H and O–H groups in total. The summed E-state index contributed by atoms with van der Waals surface area (Å²) in [6, 6.07) is 0. The van der Waals surface area contributed by atoms with Crippen molar-refractivity contribution in [3.8, 4) is 0 Å². The minimum absolute atomic E-state index is 1.02. The zero-order chi connectivity index (χ0) is 9.97. The molecular weight excluding hydrogens is 168 g/mol. The highest BCUT2D eigenvalue weighted by Crippen LogP contribution is 2.40. The van der Waals surface area contributed by atoms with E-state index in [9.17, 15) is 0 Å². The Labute approximate surface area is 89.5 Å². The average Bonchev–Trinajstić information content (AvgIpc) is 2.21. The van der Waals surface area contributed by atoms with E-state index < -0.39 is 0 Å². The first-order valence-electron chi connectivity index (χ1n) is 6.75. The van der Waals surface area contributed by atoms with Gasteiger partial charge in [0.05, 0.1) is 0 Å². The molecule has 82 valence electrons. The second-order valence-electron chi connectivity index (χ2n) is 6.04. The predicted octanol–water partition coefficient (Wildman–Crippen LogP) is 4.64. The maximum Gasteiger partial charge on any atom is -0.0386 e. The molecule has 0 spiro atoms. The van der Waals surface area contributed by atoms with Crippen molar-refractivity contribution in [1.29, 1.82) is 0 Å². The van der Waals surface area contributed by atoms with E-state index in [-0.39, 0.29) is 0 Å². The molecular formula is C14H26. The minimum Gasteiger partial charge on any atom is -0.0625 e. The van der Waals surface area contributed by atoms with Crippen molar-refractivity contribution in [1.82, 2.24) is 0 Å². The van der Waals surface area contributed by atoms with Crippen molar-refractivity contribution >= 4 is 0 Å². The maximum atomic E-state index is 2.43. The van der Waals surface area contributed by atoms with Crippen molar-refractivity contribution in [3.63, 3.8) is 0 Å². The van der Waals surface area contributed by atoms with Gasteiger partial charge in [0, 0.05) is 0 Å². The molecule has 0 amide bonds. The third-order valence-corrected chi connectivity index (χ3v) is 4.79. The molecule has 0 aromatic carbocycles. The lowest BCUT2D eigenvalue weighted by Crippen LogP contribution is -2.24. The van der Waals surface area contributed by atoms with Crippen LogP contribution in [0.25, 0.3) is 0 Å². The molecule has 0 nitrogen and oxygen atoms in total. The number of hydrogen-bond donors (Lipinski definition) is 0. The lowest BCUT2D eigenvalue weighted by molar-refractivity contribution is 0.155. The van der Waals surface area contributed by atoms with Crippen molar-refractivity contribution in [3.05, 3.63) is 0 Å². The quantitative estimate of drug-likeness (QED) is 0.570. The van der Waals surface area contributed by atoms with Crippen molar-refractivity contribution in [2.75, 3.05) is 0 Å². The highest BCUT2D eigenvalue weighted by molar-refractivity contribution is 4.80. The van der Waals surface area contributed by atoms with E-state index in [1.165, 1.54) is 25.7 Å². The number of rotatable bonds is 1. The smallest absolute Gasteiger partial charge is 0.0386 e. The van der Waals surface area contributed by atoms with E-state index in [1.54, 1.807) is 25.7 Å². The second kappa shape index (κ2) is 4.68. The van der Waals surface area contributed by atoms with Crippen LogP contribution in [0.4, 0.5) is 0 Å². The molecule has 0 heterocycles. The molecule has 0 aliphatic heterocycles. The Balaban J connectivity index is 1.78. The Kier molecular flexibility index (Phi) is 3.52. The van der Waals surface area contributed by atoms with Crippen LogP contribution in [0.5, 0.6) is 0 Å². The van der Waals surface area contributed by atoms with Crippen LogP contribution in [-0.4, -0.2) is 0 Å². The fourth-order valence-electron chi connectivity index (χ4n) is 3.51. The molecule has 0 saturated heterocycles. The Hall–Kier alpha value is 0. The van der Waals surface area contributed by atoms with Gasteiger partial charge in [-0.3, -0.25) is 0 Å². The molecule has 0 radical (unpaired) electrons. The summed E-state index contributed by atoms with van der Waals surface area (Å²) in [6.45, 7) is 4.86. The van der Waals surface area contributed by atoms with Crippen molar-refractivity contribution < 1.29 is 0 Å². The first-order valence-corrected chi connectivity index (χ1v) is 6.75. The van der Waals surface area contributed by atoms with Gasteiger partial charge in [0.2, 0.25) is 0 Å². The fraction of sp³-hybridized carbons (Fsp3) is 1.00. The summed E-state index contributed by atoms with van der Waals surface area (Å²) in [6.07, 6.45) is 12.2. The zero-order valence-electron chi connectivity index (χ0n) is 9.97. The molecule has 2 rings (SSSR count). The Bertz CT molecular complexity index is 137. The first-order chi connectivity index (χ1) is 6.75. The molecule has 0 unspecified atom stereocenters. The summed E-state index contributed by atoms with van der Waals surface area (Å²) in [7, 11) is 0. The molecule has 0 aromatic heterocycles. The van der Waals surface area contributed by atoms with Crippen LogP contribution in [0.2, 0.25) is 0 Å². The molecule has 14 heavy (non-hydrogen) atoms. The van der Waals surface area contributed by atoms with Gasteiger partial charge < -0.3 is 0 Å². The summed E-state index contributed by atoms with van der Waals surface area (Å²) in [4.78, 5) is 0. The van der Waals surface area contributed by atoms with Gasteiger partial charge in [-0.05, 0) is 49.4 Å². The summed E-state index contributed by atoms with van der Waals surface area (Å²) in [5.41, 5.74) is 0. The van der Waals surface area contributed by atoms with Crippen LogP contribution >= 0.6 is 0 Å². The lowest BCUT2D eigenvalue weighted by atomic mass is 9.70. The summed E-state index contributed by atoms with van der Waals surface area (Å²) >= 11 is 0. The first kappa shape index (κ1) is 10.5. The third-order valence-electron chi connectivity index (χ3n) is 4.79. The predicted molar refractivity (Wildman–Crippen MR) is 62.2 cm³/mol. The van der Waals surface area contributed by atoms with Crippen LogP contribution in [0, 0.1) is 23.7 Å². The summed E-state index contributed by atoms with van der Waals surface area (Å²) in [5, 5.41) is 0. The van der Waals surface area contributed by atoms with Crippen LogP contribution in [0.1, 0.15) is 65.2 Å². The Morgan fingerprint density at radius 2 is 0.786 bits per heavy atom. The largest absolute Gasteiger partial charge is 0.0625 e. The maximum absolute atomic E-state index is 2.43. The second-order valence-corrected chi connectivity index (χ2v) is 6.04. The molecule has 2 fully saturated rings. The fourth-order valence-corrected chi connectivity index (χ4v) is 3.51. The monoisotopic (exact) mass is 194 g/mol. The lowest BCUT2D eigenvalue weighted by Gasteiger charge is -2.36. The van der Waals surface area contributed by atoms with Crippen LogP contribution in [-0.2, 0) is 0 Å².